The molecule has 1 unspecified atom stereocenters. The molecule has 200 valence electrons. The van der Waals surface area contributed by atoms with E-state index < -0.39 is 0 Å². The van der Waals surface area contributed by atoms with Crippen LogP contribution in [0, 0.1) is 11.3 Å². The lowest BCUT2D eigenvalue weighted by atomic mass is 9.88. The molecule has 0 aliphatic carbocycles. The Bertz CT molecular complexity index is 688. The second-order valence-electron chi connectivity index (χ2n) is 11.2. The van der Waals surface area contributed by atoms with E-state index in [-0.39, 0.29) is 23.0 Å². The summed E-state index contributed by atoms with van der Waals surface area (Å²) >= 11 is 0. The van der Waals surface area contributed by atoms with Crippen LogP contribution in [0.4, 0.5) is 0 Å². The predicted octanol–water partition coefficient (Wildman–Crippen LogP) is 8.86. The number of benzene rings is 1. The smallest absolute Gasteiger partial charge is 0.154 e. The lowest BCUT2D eigenvalue weighted by Crippen LogP contribution is -2.36. The highest BCUT2D eigenvalue weighted by atomic mass is 16.1. The molecule has 35 heavy (non-hydrogen) atoms. The number of ketones is 2. The van der Waals surface area contributed by atoms with E-state index in [1.165, 1.54) is 44.1 Å². The van der Waals surface area contributed by atoms with E-state index >= 15 is 0 Å². The first-order chi connectivity index (χ1) is 16.6. The number of Topliss-reactive ketones (excluding diaryl/α,β-unsaturated/α-hetero) is 2. The van der Waals surface area contributed by atoms with Gasteiger partial charge >= 0.3 is 0 Å². The maximum atomic E-state index is 12.2. The molecule has 1 aromatic rings. The average molecular weight is 486 g/mol. The van der Waals surface area contributed by atoms with Crippen molar-refractivity contribution in [1.29, 1.82) is 0 Å². The molecule has 0 bridgehead atoms. The molecular formula is C32H55NO2. The fourth-order valence-electron chi connectivity index (χ4n) is 4.46. The summed E-state index contributed by atoms with van der Waals surface area (Å²) in [6, 6.07) is 9.92. The van der Waals surface area contributed by atoms with Gasteiger partial charge in [-0.15, -0.1) is 0 Å². The van der Waals surface area contributed by atoms with Gasteiger partial charge in [-0.05, 0) is 36.2 Å². The summed E-state index contributed by atoms with van der Waals surface area (Å²) in [6.07, 6.45) is 12.1. The van der Waals surface area contributed by atoms with E-state index in [1.54, 1.807) is 0 Å². The number of allylic oxidation sites excluding steroid dienone is 1. The van der Waals surface area contributed by atoms with Crippen LogP contribution in [0.3, 0.4) is 0 Å². The van der Waals surface area contributed by atoms with Crippen LogP contribution >= 0.6 is 0 Å². The second-order valence-corrected chi connectivity index (χ2v) is 11.2. The molecule has 3 heteroatoms. The number of carbonyl (C=O) groups is 2. The summed E-state index contributed by atoms with van der Waals surface area (Å²) in [7, 11) is 0. The number of hydrogen-bond donors (Lipinski definition) is 1. The van der Waals surface area contributed by atoms with E-state index in [1.807, 2.05) is 25.1 Å². The van der Waals surface area contributed by atoms with Crippen molar-refractivity contribution in [2.75, 3.05) is 0 Å². The number of nitrogens with one attached hydrogen (secondary N) is 1. The molecule has 0 fully saturated rings. The van der Waals surface area contributed by atoms with Gasteiger partial charge in [0.2, 0.25) is 0 Å². The molecule has 1 N–H and O–H groups in total. The molecule has 3 nitrogen and oxygen atoms in total. The van der Waals surface area contributed by atoms with Crippen LogP contribution < -0.4 is 5.32 Å². The Labute approximate surface area is 217 Å². The fraction of sp³-hybridized carbons (Fsp3) is 0.688. The molecule has 0 heterocycles. The van der Waals surface area contributed by atoms with Crippen LogP contribution in [0.15, 0.2) is 42.6 Å². The zero-order valence-corrected chi connectivity index (χ0v) is 24.1. The first-order valence-corrected chi connectivity index (χ1v) is 14.1. The van der Waals surface area contributed by atoms with E-state index in [4.69, 9.17) is 0 Å². The Morgan fingerprint density at radius 3 is 1.86 bits per heavy atom. The van der Waals surface area contributed by atoms with E-state index in [0.717, 1.165) is 24.5 Å². The van der Waals surface area contributed by atoms with Crippen molar-refractivity contribution in [3.05, 3.63) is 48.2 Å². The van der Waals surface area contributed by atoms with Gasteiger partial charge in [0.05, 0.1) is 6.04 Å². The fourth-order valence-corrected chi connectivity index (χ4v) is 4.46. The molecule has 0 radical (unpaired) electrons. The van der Waals surface area contributed by atoms with Gasteiger partial charge in [0.1, 0.15) is 5.78 Å². The summed E-state index contributed by atoms with van der Waals surface area (Å²) in [5.74, 6) is 1.39. The summed E-state index contributed by atoms with van der Waals surface area (Å²) in [5.41, 5.74) is 2.11. The first kappa shape index (κ1) is 33.1. The molecule has 0 saturated heterocycles. The van der Waals surface area contributed by atoms with Crippen LogP contribution in [-0.4, -0.2) is 17.6 Å². The van der Waals surface area contributed by atoms with Crippen molar-refractivity contribution in [1.82, 2.24) is 5.32 Å². The van der Waals surface area contributed by atoms with Crippen molar-refractivity contribution >= 4 is 11.6 Å². The number of carbonyl (C=O) groups excluding carboxylic acids is 2. The highest BCUT2D eigenvalue weighted by molar-refractivity contribution is 5.85. The van der Waals surface area contributed by atoms with Crippen LogP contribution in [-0.2, 0) is 16.0 Å². The van der Waals surface area contributed by atoms with Gasteiger partial charge in [0.25, 0.3) is 0 Å². The van der Waals surface area contributed by atoms with Crippen molar-refractivity contribution in [2.24, 2.45) is 11.3 Å². The predicted molar refractivity (Wildman–Crippen MR) is 153 cm³/mol. The molecule has 1 atom stereocenters. The topological polar surface area (TPSA) is 46.2 Å². The van der Waals surface area contributed by atoms with E-state index in [2.05, 4.69) is 65.6 Å². The van der Waals surface area contributed by atoms with Gasteiger partial charge in [-0.1, -0.05) is 124 Å². The van der Waals surface area contributed by atoms with Gasteiger partial charge in [0, 0.05) is 25.0 Å². The Morgan fingerprint density at radius 1 is 0.857 bits per heavy atom. The lowest BCUT2D eigenvalue weighted by Gasteiger charge is -2.21. The van der Waals surface area contributed by atoms with Crippen LogP contribution in [0.5, 0.6) is 0 Å². The van der Waals surface area contributed by atoms with Gasteiger partial charge in [-0.25, -0.2) is 0 Å². The Balaban J connectivity index is 0.000000972. The Morgan fingerprint density at radius 2 is 1.40 bits per heavy atom. The zero-order chi connectivity index (χ0) is 26.7. The molecule has 0 amide bonds. The molecule has 0 aromatic heterocycles. The monoisotopic (exact) mass is 485 g/mol. The largest absolute Gasteiger partial charge is 0.379 e. The minimum Gasteiger partial charge on any atom is -0.379 e. The quantitative estimate of drug-likeness (QED) is 0.240. The number of hydrogen-bond acceptors (Lipinski definition) is 3. The third-order valence-corrected chi connectivity index (χ3v) is 6.20. The average Bonchev–Trinajstić information content (AvgIpc) is 2.80. The van der Waals surface area contributed by atoms with Gasteiger partial charge in [-0.2, -0.15) is 0 Å². The summed E-state index contributed by atoms with van der Waals surface area (Å²) in [4.78, 5) is 24.3. The van der Waals surface area contributed by atoms with Gasteiger partial charge < -0.3 is 5.32 Å². The summed E-state index contributed by atoms with van der Waals surface area (Å²) < 4.78 is 0. The second kappa shape index (κ2) is 19.3. The van der Waals surface area contributed by atoms with E-state index in [0.29, 0.717) is 25.7 Å². The lowest BCUT2D eigenvalue weighted by molar-refractivity contribution is -0.122. The SMILES string of the molecule is C=C(CCc1ccccc1)NC(CCC(=O)CC(C)(C)C)C(=O)CC.CCCC(CCC)CCC. The molecule has 1 rings (SSSR count). The molecule has 0 aliphatic rings. The van der Waals surface area contributed by atoms with Crippen molar-refractivity contribution in [2.45, 2.75) is 132 Å². The van der Waals surface area contributed by atoms with Crippen LogP contribution in [0.25, 0.3) is 0 Å². The maximum absolute atomic E-state index is 12.2. The molecule has 0 aliphatic heterocycles. The summed E-state index contributed by atoms with van der Waals surface area (Å²) in [5, 5.41) is 3.26. The molecule has 0 spiro atoms. The van der Waals surface area contributed by atoms with Gasteiger partial charge in [0.15, 0.2) is 5.78 Å². The van der Waals surface area contributed by atoms with E-state index in [9.17, 15) is 9.59 Å². The third-order valence-electron chi connectivity index (χ3n) is 6.20. The van der Waals surface area contributed by atoms with Crippen molar-refractivity contribution in [3.63, 3.8) is 0 Å². The molecule has 0 saturated carbocycles. The van der Waals surface area contributed by atoms with Gasteiger partial charge in [-0.3, -0.25) is 9.59 Å². The zero-order valence-electron chi connectivity index (χ0n) is 24.1. The highest BCUT2D eigenvalue weighted by Gasteiger charge is 2.21. The van der Waals surface area contributed by atoms with Crippen LogP contribution in [0.1, 0.15) is 125 Å². The minimum absolute atomic E-state index is 0.00590. The van der Waals surface area contributed by atoms with Crippen molar-refractivity contribution < 1.29 is 9.59 Å². The molecular weight excluding hydrogens is 430 g/mol. The number of aryl methyl sites for hydroxylation is 1. The normalized spacial score (nSPS) is 12.0. The number of rotatable bonds is 17. The maximum Gasteiger partial charge on any atom is 0.154 e. The Kier molecular flexibility index (Phi) is 18.3. The third kappa shape index (κ3) is 18.1. The Hall–Kier alpha value is -1.90. The highest BCUT2D eigenvalue weighted by Crippen LogP contribution is 2.21. The molecule has 1 aromatic carbocycles. The first-order valence-electron chi connectivity index (χ1n) is 14.1. The summed E-state index contributed by atoms with van der Waals surface area (Å²) in [6.45, 7) is 19.0. The van der Waals surface area contributed by atoms with Crippen LogP contribution in [0.2, 0.25) is 0 Å². The minimum atomic E-state index is -0.308. The standard InChI is InChI=1S/C22H33NO2.C10H22/c1-6-21(25)20(15-14-19(24)16-22(3,4)5)23-17(2)12-13-18-10-8-7-9-11-18;1-4-7-10(8-5-2)9-6-3/h7-11,20,23H,2,6,12-16H2,1,3-5H3;10H,4-9H2,1-3H3. The van der Waals surface area contributed by atoms with Crippen molar-refractivity contribution in [3.8, 4) is 0 Å².